The summed E-state index contributed by atoms with van der Waals surface area (Å²) in [6.45, 7) is 0.556. The summed E-state index contributed by atoms with van der Waals surface area (Å²) >= 11 is 0. The van der Waals surface area contributed by atoms with E-state index in [-0.39, 0.29) is 5.91 Å². The summed E-state index contributed by atoms with van der Waals surface area (Å²) in [5.74, 6) is 0.155. The molecule has 0 aliphatic rings. The number of hydrogen-bond donors (Lipinski definition) is 2. The monoisotopic (exact) mass is 297 g/mol. The number of nitrogens with two attached hydrogens (primary N) is 1. The van der Waals surface area contributed by atoms with Gasteiger partial charge in [0.15, 0.2) is 0 Å². The van der Waals surface area contributed by atoms with Gasteiger partial charge in [-0.2, -0.15) is 0 Å². The van der Waals surface area contributed by atoms with Crippen LogP contribution < -0.4 is 11.1 Å². The summed E-state index contributed by atoms with van der Waals surface area (Å²) in [6, 6.07) is 16.3. The second-order valence-electron chi connectivity index (χ2n) is 5.51. The molecule has 116 valence electrons. The van der Waals surface area contributed by atoms with Gasteiger partial charge in [-0.25, -0.2) is 0 Å². The Hall–Kier alpha value is -2.33. The fraction of sp³-hybridized carbons (Fsp3) is 0.278. The Balaban J connectivity index is 1.92. The van der Waals surface area contributed by atoms with Crippen molar-refractivity contribution in [1.29, 1.82) is 0 Å². The summed E-state index contributed by atoms with van der Waals surface area (Å²) in [7, 11) is 3.57. The number of aryl methyl sites for hydroxylation is 1. The van der Waals surface area contributed by atoms with E-state index in [2.05, 4.69) is 17.4 Å². The van der Waals surface area contributed by atoms with Gasteiger partial charge in [0.25, 0.3) is 0 Å². The second-order valence-corrected chi connectivity index (χ2v) is 5.51. The minimum Gasteiger partial charge on any atom is -0.356 e. The van der Waals surface area contributed by atoms with E-state index in [4.69, 9.17) is 5.73 Å². The van der Waals surface area contributed by atoms with E-state index in [0.29, 0.717) is 13.0 Å². The Kier molecular flexibility index (Phi) is 5.55. The molecule has 0 radical (unpaired) electrons. The van der Waals surface area contributed by atoms with Crippen LogP contribution in [0, 0.1) is 0 Å². The Labute approximate surface area is 131 Å². The fourth-order valence-corrected chi connectivity index (χ4v) is 2.12. The fourth-order valence-electron chi connectivity index (χ4n) is 2.12. The lowest BCUT2D eigenvalue weighted by atomic mass is 10.1. The molecule has 0 saturated carbocycles. The lowest BCUT2D eigenvalue weighted by Crippen LogP contribution is -2.21. The van der Waals surface area contributed by atoms with Crippen molar-refractivity contribution < 1.29 is 4.79 Å². The summed E-state index contributed by atoms with van der Waals surface area (Å²) < 4.78 is 0. The molecule has 0 heterocycles. The highest BCUT2D eigenvalue weighted by Gasteiger charge is 2.04. The van der Waals surface area contributed by atoms with Crippen LogP contribution in [0.15, 0.2) is 48.5 Å². The standard InChI is InChI=1S/C18H23N3O/c1-21(2)18(22)12-7-14-3-8-16(9-4-14)20-17-10-5-15(13-19)6-11-17/h3-6,8-11,20H,7,12-13,19H2,1-2H3. The van der Waals surface area contributed by atoms with E-state index in [9.17, 15) is 4.79 Å². The van der Waals surface area contributed by atoms with Crippen molar-refractivity contribution in [1.82, 2.24) is 4.90 Å². The van der Waals surface area contributed by atoms with Crippen molar-refractivity contribution >= 4 is 17.3 Å². The molecule has 0 saturated heterocycles. The van der Waals surface area contributed by atoms with Gasteiger partial charge in [0.05, 0.1) is 0 Å². The summed E-state index contributed by atoms with van der Waals surface area (Å²) in [4.78, 5) is 13.2. The maximum atomic E-state index is 11.6. The smallest absolute Gasteiger partial charge is 0.222 e. The summed E-state index contributed by atoms with van der Waals surface area (Å²) in [5, 5.41) is 3.35. The van der Waals surface area contributed by atoms with Crippen LogP contribution in [0.25, 0.3) is 0 Å². The predicted octanol–water partition coefficient (Wildman–Crippen LogP) is 2.91. The Morgan fingerprint density at radius 2 is 1.45 bits per heavy atom. The highest BCUT2D eigenvalue weighted by atomic mass is 16.2. The largest absolute Gasteiger partial charge is 0.356 e. The zero-order chi connectivity index (χ0) is 15.9. The molecule has 0 bridgehead atoms. The van der Waals surface area contributed by atoms with Crippen LogP contribution in [0.3, 0.4) is 0 Å². The third-order valence-corrected chi connectivity index (χ3v) is 3.56. The number of carbonyl (C=O) groups is 1. The van der Waals surface area contributed by atoms with Gasteiger partial charge in [0, 0.05) is 38.4 Å². The normalized spacial score (nSPS) is 10.3. The number of anilines is 2. The Morgan fingerprint density at radius 1 is 0.955 bits per heavy atom. The van der Waals surface area contributed by atoms with Crippen LogP contribution in [0.4, 0.5) is 11.4 Å². The first-order chi connectivity index (χ1) is 10.6. The third kappa shape index (κ3) is 4.60. The molecule has 0 spiro atoms. The Bertz CT molecular complexity index is 603. The van der Waals surface area contributed by atoms with Gasteiger partial charge in [0.2, 0.25) is 5.91 Å². The second kappa shape index (κ2) is 7.61. The van der Waals surface area contributed by atoms with Crippen LogP contribution in [0.1, 0.15) is 17.5 Å². The van der Waals surface area contributed by atoms with E-state index in [0.717, 1.165) is 23.4 Å². The van der Waals surface area contributed by atoms with Gasteiger partial charge in [-0.05, 0) is 41.8 Å². The van der Waals surface area contributed by atoms with Gasteiger partial charge in [-0.1, -0.05) is 24.3 Å². The number of carbonyl (C=O) groups excluding carboxylic acids is 1. The molecule has 2 rings (SSSR count). The van der Waals surface area contributed by atoms with E-state index in [1.165, 1.54) is 5.56 Å². The number of nitrogens with zero attached hydrogens (tertiary/aromatic N) is 1. The lowest BCUT2D eigenvalue weighted by Gasteiger charge is -2.11. The minimum absolute atomic E-state index is 0.155. The van der Waals surface area contributed by atoms with Crippen molar-refractivity contribution in [3.8, 4) is 0 Å². The van der Waals surface area contributed by atoms with Crippen LogP contribution in [0.2, 0.25) is 0 Å². The molecule has 1 amide bonds. The number of amides is 1. The van der Waals surface area contributed by atoms with E-state index in [1.807, 2.05) is 36.4 Å². The molecule has 0 unspecified atom stereocenters. The summed E-state index contributed by atoms with van der Waals surface area (Å²) in [5.41, 5.74) is 9.94. The number of hydrogen-bond acceptors (Lipinski definition) is 3. The van der Waals surface area contributed by atoms with Gasteiger partial charge < -0.3 is 16.0 Å². The van der Waals surface area contributed by atoms with Crippen molar-refractivity contribution in [2.75, 3.05) is 19.4 Å². The zero-order valence-corrected chi connectivity index (χ0v) is 13.2. The molecular formula is C18H23N3O. The van der Waals surface area contributed by atoms with Crippen LogP contribution in [-0.4, -0.2) is 24.9 Å². The maximum Gasteiger partial charge on any atom is 0.222 e. The van der Waals surface area contributed by atoms with Gasteiger partial charge in [-0.3, -0.25) is 4.79 Å². The Morgan fingerprint density at radius 3 is 1.91 bits per heavy atom. The first-order valence-corrected chi connectivity index (χ1v) is 7.43. The average molecular weight is 297 g/mol. The molecule has 2 aromatic carbocycles. The van der Waals surface area contributed by atoms with Gasteiger partial charge in [0.1, 0.15) is 0 Å². The van der Waals surface area contributed by atoms with E-state index >= 15 is 0 Å². The molecule has 4 nitrogen and oxygen atoms in total. The first kappa shape index (κ1) is 16.0. The van der Waals surface area contributed by atoms with Crippen LogP contribution in [0.5, 0.6) is 0 Å². The first-order valence-electron chi connectivity index (χ1n) is 7.43. The molecule has 0 aromatic heterocycles. The molecule has 0 fully saturated rings. The lowest BCUT2D eigenvalue weighted by molar-refractivity contribution is -0.128. The summed E-state index contributed by atoms with van der Waals surface area (Å²) in [6.07, 6.45) is 1.31. The van der Waals surface area contributed by atoms with Crippen LogP contribution >= 0.6 is 0 Å². The molecule has 2 aromatic rings. The third-order valence-electron chi connectivity index (χ3n) is 3.56. The number of nitrogens with one attached hydrogen (secondary N) is 1. The van der Waals surface area contributed by atoms with Gasteiger partial charge in [-0.15, -0.1) is 0 Å². The molecule has 3 N–H and O–H groups in total. The molecule has 22 heavy (non-hydrogen) atoms. The minimum atomic E-state index is 0.155. The maximum absolute atomic E-state index is 11.6. The van der Waals surface area contributed by atoms with Crippen molar-refractivity contribution in [3.63, 3.8) is 0 Å². The zero-order valence-electron chi connectivity index (χ0n) is 13.2. The number of benzene rings is 2. The quantitative estimate of drug-likeness (QED) is 0.862. The topological polar surface area (TPSA) is 58.4 Å². The molecular weight excluding hydrogens is 274 g/mol. The molecule has 4 heteroatoms. The molecule has 0 aliphatic heterocycles. The highest BCUT2D eigenvalue weighted by molar-refractivity contribution is 5.75. The van der Waals surface area contributed by atoms with Crippen molar-refractivity contribution in [3.05, 3.63) is 59.7 Å². The average Bonchev–Trinajstić information content (AvgIpc) is 2.54. The number of rotatable bonds is 6. The van der Waals surface area contributed by atoms with E-state index < -0.39 is 0 Å². The molecule has 0 aliphatic carbocycles. The van der Waals surface area contributed by atoms with Gasteiger partial charge >= 0.3 is 0 Å². The van der Waals surface area contributed by atoms with Crippen molar-refractivity contribution in [2.24, 2.45) is 5.73 Å². The predicted molar refractivity (Wildman–Crippen MR) is 91.1 cm³/mol. The van der Waals surface area contributed by atoms with E-state index in [1.54, 1.807) is 19.0 Å². The van der Waals surface area contributed by atoms with Crippen LogP contribution in [-0.2, 0) is 17.8 Å². The SMILES string of the molecule is CN(C)C(=O)CCc1ccc(Nc2ccc(CN)cc2)cc1. The molecule has 0 atom stereocenters. The van der Waals surface area contributed by atoms with Crippen molar-refractivity contribution in [2.45, 2.75) is 19.4 Å². The highest BCUT2D eigenvalue weighted by Crippen LogP contribution is 2.18.